The largest absolute Gasteiger partial charge is 0.325 e. The van der Waals surface area contributed by atoms with Gasteiger partial charge in [0.25, 0.3) is 5.56 Å². The lowest BCUT2D eigenvalue weighted by molar-refractivity contribution is -0.113. The van der Waals surface area contributed by atoms with Crippen LogP contribution in [0.2, 0.25) is 0 Å². The first-order valence-corrected chi connectivity index (χ1v) is 14.1. The second-order valence-electron chi connectivity index (χ2n) is 8.50. The minimum absolute atomic E-state index is 0.0558. The molecule has 0 bridgehead atoms. The zero-order valence-corrected chi connectivity index (χ0v) is 21.3. The van der Waals surface area contributed by atoms with Crippen molar-refractivity contribution in [2.24, 2.45) is 0 Å². The van der Waals surface area contributed by atoms with Gasteiger partial charge in [-0.15, -0.1) is 0 Å². The summed E-state index contributed by atoms with van der Waals surface area (Å²) in [4.78, 5) is 30.7. The van der Waals surface area contributed by atoms with Gasteiger partial charge in [-0.05, 0) is 73.5 Å². The summed E-state index contributed by atoms with van der Waals surface area (Å²) in [6.07, 6.45) is 1.71. The molecule has 3 aromatic carbocycles. The lowest BCUT2D eigenvalue weighted by Gasteiger charge is -2.16. The summed E-state index contributed by atoms with van der Waals surface area (Å²) in [6.45, 7) is 1.04. The van der Waals surface area contributed by atoms with Gasteiger partial charge in [0, 0.05) is 18.8 Å². The molecule has 37 heavy (non-hydrogen) atoms. The van der Waals surface area contributed by atoms with Crippen LogP contribution in [0.15, 0.2) is 87.6 Å². The van der Waals surface area contributed by atoms with Gasteiger partial charge in [-0.3, -0.25) is 14.2 Å². The lowest BCUT2D eigenvalue weighted by atomic mass is 10.2. The number of anilines is 1. The number of hydrogen-bond acceptors (Lipinski definition) is 6. The number of aromatic nitrogens is 2. The quantitative estimate of drug-likeness (QED) is 0.282. The number of nitrogens with zero attached hydrogens (tertiary/aromatic N) is 3. The third kappa shape index (κ3) is 5.29. The smallest absolute Gasteiger partial charge is 0.266 e. The van der Waals surface area contributed by atoms with Crippen LogP contribution in [0.1, 0.15) is 12.8 Å². The Bertz CT molecular complexity index is 1620. The molecule has 0 atom stereocenters. The number of amides is 1. The Hall–Kier alpha value is -3.54. The maximum absolute atomic E-state index is 13.5. The van der Waals surface area contributed by atoms with E-state index in [0.717, 1.165) is 24.6 Å². The molecule has 1 amide bonds. The molecule has 1 fully saturated rings. The van der Waals surface area contributed by atoms with Crippen LogP contribution < -0.4 is 10.9 Å². The first kappa shape index (κ1) is 25.1. The molecule has 1 saturated heterocycles. The van der Waals surface area contributed by atoms with Crippen LogP contribution in [0.25, 0.3) is 16.6 Å². The van der Waals surface area contributed by atoms with Crippen LogP contribution in [-0.2, 0) is 14.8 Å². The van der Waals surface area contributed by atoms with E-state index in [1.54, 1.807) is 36.4 Å². The predicted molar refractivity (Wildman–Crippen MR) is 141 cm³/mol. The molecule has 1 aliphatic heterocycles. The fourth-order valence-corrected chi connectivity index (χ4v) is 6.47. The molecule has 1 aromatic heterocycles. The third-order valence-corrected chi connectivity index (χ3v) is 8.85. The highest BCUT2D eigenvalue weighted by Gasteiger charge is 2.27. The van der Waals surface area contributed by atoms with Gasteiger partial charge >= 0.3 is 0 Å². The number of halogens is 1. The van der Waals surface area contributed by atoms with Crippen molar-refractivity contribution < 1.29 is 17.6 Å². The molecule has 0 spiro atoms. The van der Waals surface area contributed by atoms with E-state index in [0.29, 0.717) is 35.4 Å². The van der Waals surface area contributed by atoms with Gasteiger partial charge in [-0.25, -0.2) is 17.8 Å². The number of sulfonamides is 1. The Morgan fingerprint density at radius 1 is 0.973 bits per heavy atom. The lowest BCUT2D eigenvalue weighted by Crippen LogP contribution is -2.27. The van der Waals surface area contributed by atoms with Gasteiger partial charge in [0.2, 0.25) is 15.9 Å². The first-order chi connectivity index (χ1) is 17.8. The minimum atomic E-state index is -3.53. The van der Waals surface area contributed by atoms with Crippen molar-refractivity contribution in [1.29, 1.82) is 0 Å². The van der Waals surface area contributed by atoms with Gasteiger partial charge in [-0.2, -0.15) is 4.31 Å². The highest BCUT2D eigenvalue weighted by atomic mass is 32.2. The molecule has 5 rings (SSSR count). The van der Waals surface area contributed by atoms with Crippen LogP contribution in [0.3, 0.4) is 0 Å². The second-order valence-corrected chi connectivity index (χ2v) is 11.4. The number of carbonyl (C=O) groups excluding carboxylic acids is 1. The normalized spacial score (nSPS) is 14.2. The zero-order chi connectivity index (χ0) is 26.0. The highest BCUT2D eigenvalue weighted by Crippen LogP contribution is 2.24. The molecule has 2 heterocycles. The molecule has 11 heteroatoms. The molecular formula is C26H23FN4O4S2. The van der Waals surface area contributed by atoms with E-state index in [1.165, 1.54) is 45.3 Å². The number of para-hydroxylation sites is 1. The van der Waals surface area contributed by atoms with Crippen LogP contribution in [0.5, 0.6) is 0 Å². The van der Waals surface area contributed by atoms with Crippen molar-refractivity contribution in [1.82, 2.24) is 13.9 Å². The Balaban J connectivity index is 1.34. The number of thioether (sulfide) groups is 1. The van der Waals surface area contributed by atoms with Gasteiger partial charge in [0.05, 0.1) is 27.2 Å². The molecule has 190 valence electrons. The predicted octanol–water partition coefficient (Wildman–Crippen LogP) is 4.04. The van der Waals surface area contributed by atoms with Crippen molar-refractivity contribution in [2.75, 3.05) is 24.2 Å². The molecule has 0 unspecified atom stereocenters. The monoisotopic (exact) mass is 538 g/mol. The van der Waals surface area contributed by atoms with Crippen molar-refractivity contribution >= 4 is 44.3 Å². The van der Waals surface area contributed by atoms with Gasteiger partial charge in [0.1, 0.15) is 5.82 Å². The van der Waals surface area contributed by atoms with Crippen LogP contribution in [0, 0.1) is 5.82 Å². The number of hydrogen-bond donors (Lipinski definition) is 1. The second kappa shape index (κ2) is 10.4. The molecule has 0 radical (unpaired) electrons. The van der Waals surface area contributed by atoms with Crippen molar-refractivity contribution in [2.45, 2.75) is 22.9 Å². The van der Waals surface area contributed by atoms with Crippen molar-refractivity contribution in [3.63, 3.8) is 0 Å². The molecule has 8 nitrogen and oxygen atoms in total. The van der Waals surface area contributed by atoms with Gasteiger partial charge in [-0.1, -0.05) is 23.9 Å². The summed E-state index contributed by atoms with van der Waals surface area (Å²) in [6, 6.07) is 18.4. The maximum atomic E-state index is 13.5. The molecule has 1 aliphatic rings. The van der Waals surface area contributed by atoms with E-state index < -0.39 is 15.8 Å². The maximum Gasteiger partial charge on any atom is 0.266 e. The van der Waals surface area contributed by atoms with Crippen LogP contribution >= 0.6 is 11.8 Å². The van der Waals surface area contributed by atoms with E-state index in [2.05, 4.69) is 10.3 Å². The molecule has 4 aromatic rings. The molecular weight excluding hydrogens is 515 g/mol. The van der Waals surface area contributed by atoms with Crippen LogP contribution in [0.4, 0.5) is 10.1 Å². The Kier molecular flexibility index (Phi) is 7.09. The van der Waals surface area contributed by atoms with E-state index in [1.807, 2.05) is 0 Å². The number of fused-ring (bicyclic) bond motifs is 1. The fourth-order valence-electron chi connectivity index (χ4n) is 4.14. The Morgan fingerprint density at radius 3 is 2.35 bits per heavy atom. The summed E-state index contributed by atoms with van der Waals surface area (Å²) in [7, 11) is -3.53. The van der Waals surface area contributed by atoms with E-state index in [9.17, 15) is 22.4 Å². The molecule has 0 saturated carbocycles. The summed E-state index contributed by atoms with van der Waals surface area (Å²) in [5.41, 5.74) is 1.05. The fraction of sp³-hybridized carbons (Fsp3) is 0.192. The van der Waals surface area contributed by atoms with Gasteiger partial charge in [0.15, 0.2) is 5.16 Å². The summed E-state index contributed by atoms with van der Waals surface area (Å²) < 4.78 is 41.7. The number of benzene rings is 3. The SMILES string of the molecule is O=C(CSc1nc2ccccc2c(=O)n1-c1ccc(F)cc1)Nc1ccc(S(=O)(=O)N2CCCC2)cc1. The first-order valence-electron chi connectivity index (χ1n) is 11.6. The third-order valence-electron chi connectivity index (χ3n) is 6.00. The summed E-state index contributed by atoms with van der Waals surface area (Å²) in [5.74, 6) is -0.841. The Morgan fingerprint density at radius 2 is 1.65 bits per heavy atom. The standard InChI is InChI=1S/C26H23FN4O4S2/c27-18-7-11-20(12-8-18)31-25(33)22-5-1-2-6-23(22)29-26(31)36-17-24(32)28-19-9-13-21(14-10-19)37(34,35)30-15-3-4-16-30/h1-2,5-14H,3-4,15-17H2,(H,28,32). The average molecular weight is 539 g/mol. The van der Waals surface area contributed by atoms with Crippen LogP contribution in [-0.4, -0.2) is 47.0 Å². The number of carbonyl (C=O) groups is 1. The average Bonchev–Trinajstić information content (AvgIpc) is 3.45. The summed E-state index contributed by atoms with van der Waals surface area (Å²) in [5, 5.41) is 3.44. The topological polar surface area (TPSA) is 101 Å². The van der Waals surface area contributed by atoms with E-state index in [4.69, 9.17) is 0 Å². The van der Waals surface area contributed by atoms with E-state index in [-0.39, 0.29) is 27.3 Å². The summed E-state index contributed by atoms with van der Waals surface area (Å²) >= 11 is 1.07. The molecule has 0 aliphatic carbocycles. The van der Waals surface area contributed by atoms with E-state index >= 15 is 0 Å². The number of nitrogens with one attached hydrogen (secondary N) is 1. The van der Waals surface area contributed by atoms with Crippen molar-refractivity contribution in [3.05, 3.63) is 89.0 Å². The number of rotatable bonds is 7. The van der Waals surface area contributed by atoms with Gasteiger partial charge < -0.3 is 5.32 Å². The molecule has 1 N–H and O–H groups in total. The Labute approximate surface area is 217 Å². The highest BCUT2D eigenvalue weighted by molar-refractivity contribution is 7.99. The van der Waals surface area contributed by atoms with Crippen molar-refractivity contribution in [3.8, 4) is 5.69 Å². The zero-order valence-electron chi connectivity index (χ0n) is 19.6. The minimum Gasteiger partial charge on any atom is -0.325 e.